The normalized spacial score (nSPS) is 10.6. The molecule has 144 valence electrons. The van der Waals surface area contributed by atoms with E-state index in [9.17, 15) is 0 Å². The molecule has 3 rings (SSSR count). The third kappa shape index (κ3) is 4.81. The first kappa shape index (κ1) is 20.8. The highest BCUT2D eigenvalue weighted by atomic mass is 35.5. The van der Waals surface area contributed by atoms with Crippen LogP contribution in [0.3, 0.4) is 0 Å². The minimum atomic E-state index is 0. The molecule has 0 atom stereocenters. The largest absolute Gasteiger partial charge is 0.497 e. The van der Waals surface area contributed by atoms with E-state index in [-0.39, 0.29) is 12.4 Å². The number of methoxy groups -OCH3 is 1. The number of rotatable bonds is 7. The molecule has 2 aromatic carbocycles. The Kier molecular flexibility index (Phi) is 7.28. The number of hydrogen-bond donors (Lipinski definition) is 1. The van der Waals surface area contributed by atoms with Crippen molar-refractivity contribution in [2.45, 2.75) is 19.8 Å². The lowest BCUT2D eigenvalue weighted by Crippen LogP contribution is -2.10. The van der Waals surface area contributed by atoms with Crippen molar-refractivity contribution in [2.24, 2.45) is 5.73 Å². The molecule has 1 aromatic heterocycles. The van der Waals surface area contributed by atoms with E-state index in [4.69, 9.17) is 20.3 Å². The Hall–Kier alpha value is -2.50. The summed E-state index contributed by atoms with van der Waals surface area (Å²) >= 11 is 0. The molecule has 6 heteroatoms. The lowest BCUT2D eigenvalue weighted by Gasteiger charge is -2.10. The van der Waals surface area contributed by atoms with E-state index in [2.05, 4.69) is 19.9 Å². The summed E-state index contributed by atoms with van der Waals surface area (Å²) in [5, 5.41) is 4.81. The van der Waals surface area contributed by atoms with Gasteiger partial charge in [0.15, 0.2) is 0 Å². The van der Waals surface area contributed by atoms with Crippen molar-refractivity contribution in [3.63, 3.8) is 0 Å². The van der Waals surface area contributed by atoms with Gasteiger partial charge in [0.05, 0.1) is 24.2 Å². The lowest BCUT2D eigenvalue weighted by molar-refractivity contribution is 0.328. The SMILES string of the molecule is COc1ccc(-n2nc(C(C)C)cc2-c2ccc(OCCN)cc2)cc1.Cl. The maximum absolute atomic E-state index is 5.57. The van der Waals surface area contributed by atoms with Gasteiger partial charge >= 0.3 is 0 Å². The van der Waals surface area contributed by atoms with Crippen LogP contribution < -0.4 is 15.2 Å². The molecule has 2 N–H and O–H groups in total. The van der Waals surface area contributed by atoms with Gasteiger partial charge in [0, 0.05) is 12.1 Å². The maximum atomic E-state index is 5.57. The quantitative estimate of drug-likeness (QED) is 0.651. The van der Waals surface area contributed by atoms with Gasteiger partial charge in [-0.15, -0.1) is 12.4 Å². The van der Waals surface area contributed by atoms with Crippen LogP contribution in [0.2, 0.25) is 0 Å². The van der Waals surface area contributed by atoms with Crippen LogP contribution in [0, 0.1) is 0 Å². The molecule has 27 heavy (non-hydrogen) atoms. The molecule has 0 fully saturated rings. The monoisotopic (exact) mass is 387 g/mol. The zero-order valence-corrected chi connectivity index (χ0v) is 16.7. The van der Waals surface area contributed by atoms with Crippen LogP contribution in [0.4, 0.5) is 0 Å². The summed E-state index contributed by atoms with van der Waals surface area (Å²) in [5.41, 5.74) is 9.67. The van der Waals surface area contributed by atoms with Gasteiger partial charge in [-0.25, -0.2) is 4.68 Å². The first-order valence-electron chi connectivity index (χ1n) is 8.80. The predicted molar refractivity (Wildman–Crippen MR) is 111 cm³/mol. The van der Waals surface area contributed by atoms with Gasteiger partial charge in [0.1, 0.15) is 18.1 Å². The fraction of sp³-hybridized carbons (Fsp3) is 0.286. The number of aromatic nitrogens is 2. The van der Waals surface area contributed by atoms with Crippen LogP contribution in [0.25, 0.3) is 16.9 Å². The Morgan fingerprint density at radius 3 is 2.19 bits per heavy atom. The third-order valence-corrected chi connectivity index (χ3v) is 4.17. The summed E-state index contributed by atoms with van der Waals surface area (Å²) in [6.45, 7) is 5.31. The van der Waals surface area contributed by atoms with Crippen LogP contribution in [-0.4, -0.2) is 30.0 Å². The second kappa shape index (κ2) is 9.44. The van der Waals surface area contributed by atoms with Gasteiger partial charge < -0.3 is 15.2 Å². The molecule has 0 saturated heterocycles. The summed E-state index contributed by atoms with van der Waals surface area (Å²) in [7, 11) is 1.67. The van der Waals surface area contributed by atoms with Crippen molar-refractivity contribution in [1.29, 1.82) is 0 Å². The number of hydrogen-bond acceptors (Lipinski definition) is 4. The highest BCUT2D eigenvalue weighted by molar-refractivity contribution is 5.85. The third-order valence-electron chi connectivity index (χ3n) is 4.17. The van der Waals surface area contributed by atoms with E-state index >= 15 is 0 Å². The van der Waals surface area contributed by atoms with Crippen molar-refractivity contribution in [1.82, 2.24) is 9.78 Å². The molecule has 3 aromatic rings. The van der Waals surface area contributed by atoms with Crippen molar-refractivity contribution in [3.8, 4) is 28.4 Å². The number of ether oxygens (including phenoxy) is 2. The van der Waals surface area contributed by atoms with Crippen molar-refractivity contribution in [2.75, 3.05) is 20.3 Å². The van der Waals surface area contributed by atoms with Crippen molar-refractivity contribution >= 4 is 12.4 Å². The molecule has 0 amide bonds. The number of nitrogens with zero attached hydrogens (tertiary/aromatic N) is 2. The average molecular weight is 388 g/mol. The lowest BCUT2D eigenvalue weighted by atomic mass is 10.1. The highest BCUT2D eigenvalue weighted by Crippen LogP contribution is 2.29. The van der Waals surface area contributed by atoms with Gasteiger partial charge in [0.25, 0.3) is 0 Å². The van der Waals surface area contributed by atoms with Gasteiger partial charge in [-0.3, -0.25) is 0 Å². The first-order chi connectivity index (χ1) is 12.6. The minimum absolute atomic E-state index is 0. The topological polar surface area (TPSA) is 62.3 Å². The molecule has 0 aliphatic rings. The van der Waals surface area contributed by atoms with Gasteiger partial charge in [-0.05, 0) is 60.5 Å². The van der Waals surface area contributed by atoms with Gasteiger partial charge in [0.2, 0.25) is 0 Å². The summed E-state index contributed by atoms with van der Waals surface area (Å²) in [6.07, 6.45) is 0. The molecule has 0 aliphatic heterocycles. The van der Waals surface area contributed by atoms with Crippen LogP contribution >= 0.6 is 12.4 Å². The smallest absolute Gasteiger partial charge is 0.119 e. The summed E-state index contributed by atoms with van der Waals surface area (Å²) in [4.78, 5) is 0. The Bertz CT molecular complexity index is 843. The number of nitrogens with two attached hydrogens (primary N) is 1. The number of halogens is 1. The molecule has 0 spiro atoms. The zero-order chi connectivity index (χ0) is 18.5. The average Bonchev–Trinajstić information content (AvgIpc) is 3.12. The fourth-order valence-electron chi connectivity index (χ4n) is 2.71. The van der Waals surface area contributed by atoms with Crippen molar-refractivity contribution < 1.29 is 9.47 Å². The van der Waals surface area contributed by atoms with E-state index in [0.29, 0.717) is 19.1 Å². The van der Waals surface area contributed by atoms with Gasteiger partial charge in [-0.2, -0.15) is 5.10 Å². The minimum Gasteiger partial charge on any atom is -0.497 e. The molecule has 0 aliphatic carbocycles. The molecule has 0 unspecified atom stereocenters. The van der Waals surface area contributed by atoms with E-state index < -0.39 is 0 Å². The fourth-order valence-corrected chi connectivity index (χ4v) is 2.71. The molecular weight excluding hydrogens is 362 g/mol. The summed E-state index contributed by atoms with van der Waals surface area (Å²) < 4.78 is 12.8. The summed E-state index contributed by atoms with van der Waals surface area (Å²) in [6, 6.07) is 18.1. The number of benzene rings is 2. The second-order valence-corrected chi connectivity index (χ2v) is 6.38. The maximum Gasteiger partial charge on any atom is 0.119 e. The Morgan fingerprint density at radius 2 is 1.63 bits per heavy atom. The van der Waals surface area contributed by atoms with E-state index in [0.717, 1.165) is 34.1 Å². The Labute approximate surface area is 166 Å². The van der Waals surface area contributed by atoms with E-state index in [1.165, 1.54) is 0 Å². The van der Waals surface area contributed by atoms with Crippen molar-refractivity contribution in [3.05, 3.63) is 60.3 Å². The van der Waals surface area contributed by atoms with Crippen LogP contribution in [0.15, 0.2) is 54.6 Å². The van der Waals surface area contributed by atoms with Crippen LogP contribution in [0.1, 0.15) is 25.5 Å². The standard InChI is InChI=1S/C21H25N3O2.ClH/c1-15(2)20-14-21(16-4-8-19(9-5-16)26-13-12-22)24(23-20)17-6-10-18(25-3)11-7-17;/h4-11,14-15H,12-13,22H2,1-3H3;1H. The van der Waals surface area contributed by atoms with Crippen LogP contribution in [-0.2, 0) is 0 Å². The van der Waals surface area contributed by atoms with E-state index in [1.807, 2.05) is 53.2 Å². The van der Waals surface area contributed by atoms with E-state index in [1.54, 1.807) is 7.11 Å². The Balaban J connectivity index is 0.00000261. The second-order valence-electron chi connectivity index (χ2n) is 6.38. The van der Waals surface area contributed by atoms with Gasteiger partial charge in [-0.1, -0.05) is 13.8 Å². The highest BCUT2D eigenvalue weighted by Gasteiger charge is 2.14. The molecule has 0 bridgehead atoms. The molecule has 0 saturated carbocycles. The zero-order valence-electron chi connectivity index (χ0n) is 15.9. The molecule has 0 radical (unpaired) electrons. The predicted octanol–water partition coefficient (Wildman–Crippen LogP) is 4.43. The van der Waals surface area contributed by atoms with Crippen LogP contribution in [0.5, 0.6) is 11.5 Å². The first-order valence-corrected chi connectivity index (χ1v) is 8.80. The molecule has 1 heterocycles. The Morgan fingerprint density at radius 1 is 1.00 bits per heavy atom. The molecule has 5 nitrogen and oxygen atoms in total. The summed E-state index contributed by atoms with van der Waals surface area (Å²) in [5.74, 6) is 1.99. The molecular formula is C21H26ClN3O2.